The molecule has 96 valence electrons. The van der Waals surface area contributed by atoms with Gasteiger partial charge in [0.05, 0.1) is 12.5 Å². The molecule has 0 fully saturated rings. The highest BCUT2D eigenvalue weighted by atomic mass is 35.5. The summed E-state index contributed by atoms with van der Waals surface area (Å²) in [7, 11) is 1.65. The van der Waals surface area contributed by atoms with Crippen LogP contribution in [-0.2, 0) is 4.79 Å². The van der Waals surface area contributed by atoms with Crippen molar-refractivity contribution in [2.24, 2.45) is 0 Å². The van der Waals surface area contributed by atoms with E-state index in [0.29, 0.717) is 23.7 Å². The van der Waals surface area contributed by atoms with Crippen LogP contribution in [0, 0.1) is 18.3 Å². The number of hydrogen-bond acceptors (Lipinski definition) is 3. The molecule has 0 saturated heterocycles. The summed E-state index contributed by atoms with van der Waals surface area (Å²) in [4.78, 5) is 13.1. The summed E-state index contributed by atoms with van der Waals surface area (Å²) in [5.74, 6) is 0.487. The Hall–Kier alpha value is -1.73. The van der Waals surface area contributed by atoms with E-state index in [1.165, 1.54) is 4.90 Å². The first-order valence-corrected chi connectivity index (χ1v) is 5.92. The number of carbonyl (C=O) groups excluding carboxylic acids is 1. The number of nitrogens with zero attached hydrogens (tertiary/aromatic N) is 2. The summed E-state index contributed by atoms with van der Waals surface area (Å²) in [6.07, 6.45) is 0.322. The van der Waals surface area contributed by atoms with Gasteiger partial charge in [-0.1, -0.05) is 11.6 Å². The number of ether oxygens (including phenoxy) is 1. The fraction of sp³-hybridized carbons (Fsp3) is 0.385. The summed E-state index contributed by atoms with van der Waals surface area (Å²) in [5.41, 5.74) is 0.884. The maximum atomic E-state index is 11.7. The zero-order valence-electron chi connectivity index (χ0n) is 10.4. The molecule has 0 aliphatic rings. The molecule has 0 spiro atoms. The van der Waals surface area contributed by atoms with Crippen molar-refractivity contribution in [3.63, 3.8) is 0 Å². The monoisotopic (exact) mass is 266 g/mol. The third kappa shape index (κ3) is 4.27. The third-order valence-corrected chi connectivity index (χ3v) is 2.71. The Morgan fingerprint density at radius 2 is 2.28 bits per heavy atom. The first kappa shape index (κ1) is 14.3. The van der Waals surface area contributed by atoms with Gasteiger partial charge in [-0.05, 0) is 30.7 Å². The van der Waals surface area contributed by atoms with Crippen LogP contribution >= 0.6 is 11.6 Å². The van der Waals surface area contributed by atoms with E-state index in [2.05, 4.69) is 0 Å². The van der Waals surface area contributed by atoms with Crippen LogP contribution < -0.4 is 4.74 Å². The second-order valence-corrected chi connectivity index (χ2v) is 4.36. The molecule has 0 bridgehead atoms. The lowest BCUT2D eigenvalue weighted by molar-refractivity contribution is -0.131. The summed E-state index contributed by atoms with van der Waals surface area (Å²) >= 11 is 5.83. The Morgan fingerprint density at radius 3 is 2.89 bits per heavy atom. The van der Waals surface area contributed by atoms with Gasteiger partial charge in [-0.15, -0.1) is 0 Å². The molecule has 0 aromatic heterocycles. The van der Waals surface area contributed by atoms with Crippen LogP contribution in [0.4, 0.5) is 0 Å². The fourth-order valence-electron chi connectivity index (χ4n) is 1.37. The molecule has 5 heteroatoms. The van der Waals surface area contributed by atoms with Crippen molar-refractivity contribution in [2.45, 2.75) is 13.3 Å². The van der Waals surface area contributed by atoms with Gasteiger partial charge in [-0.2, -0.15) is 5.26 Å². The van der Waals surface area contributed by atoms with E-state index in [1.807, 2.05) is 13.0 Å². The molecule has 0 aliphatic heterocycles. The van der Waals surface area contributed by atoms with Crippen molar-refractivity contribution in [3.05, 3.63) is 28.8 Å². The zero-order chi connectivity index (χ0) is 13.5. The molecule has 0 heterocycles. The molecule has 0 radical (unpaired) electrons. The Balaban J connectivity index is 2.50. The molecule has 0 aliphatic carbocycles. The maximum absolute atomic E-state index is 11.7. The molecule has 0 atom stereocenters. The Kier molecular flexibility index (Phi) is 5.47. The lowest BCUT2D eigenvalue weighted by Crippen LogP contribution is -2.32. The maximum Gasteiger partial charge on any atom is 0.260 e. The van der Waals surface area contributed by atoms with Gasteiger partial charge in [0.1, 0.15) is 5.75 Å². The summed E-state index contributed by atoms with van der Waals surface area (Å²) in [5, 5.41) is 9.07. The van der Waals surface area contributed by atoms with Gasteiger partial charge in [0, 0.05) is 18.6 Å². The predicted octanol–water partition coefficient (Wildman–Crippen LogP) is 2.40. The molecule has 1 aromatic rings. The smallest absolute Gasteiger partial charge is 0.260 e. The topological polar surface area (TPSA) is 53.3 Å². The Labute approximate surface area is 112 Å². The average molecular weight is 267 g/mol. The van der Waals surface area contributed by atoms with Crippen LogP contribution in [0.2, 0.25) is 5.02 Å². The van der Waals surface area contributed by atoms with Crippen LogP contribution in [0.15, 0.2) is 18.2 Å². The standard InChI is InChI=1S/C13H15ClN2O2/c1-10-8-11(14)4-5-12(10)18-9-13(17)16(2)7-3-6-15/h4-5,8H,3,7,9H2,1-2H3. The van der Waals surface area contributed by atoms with Crippen LogP contribution in [-0.4, -0.2) is 31.0 Å². The Morgan fingerprint density at radius 1 is 1.56 bits per heavy atom. The third-order valence-electron chi connectivity index (χ3n) is 2.47. The molecular formula is C13H15ClN2O2. The van der Waals surface area contributed by atoms with E-state index in [4.69, 9.17) is 21.6 Å². The zero-order valence-corrected chi connectivity index (χ0v) is 11.2. The van der Waals surface area contributed by atoms with Crippen molar-refractivity contribution in [1.82, 2.24) is 4.90 Å². The van der Waals surface area contributed by atoms with Gasteiger partial charge < -0.3 is 9.64 Å². The summed E-state index contributed by atoms with van der Waals surface area (Å²) in [6, 6.07) is 7.22. The summed E-state index contributed by atoms with van der Waals surface area (Å²) < 4.78 is 5.42. The first-order chi connectivity index (χ1) is 8.54. The number of carbonyl (C=O) groups is 1. The number of likely N-dealkylation sites (N-methyl/N-ethyl adjacent to an activating group) is 1. The van der Waals surface area contributed by atoms with Crippen LogP contribution in [0.25, 0.3) is 0 Å². The minimum atomic E-state index is -0.153. The van der Waals surface area contributed by atoms with Gasteiger partial charge >= 0.3 is 0 Å². The lowest BCUT2D eigenvalue weighted by Gasteiger charge is -2.16. The molecule has 18 heavy (non-hydrogen) atoms. The van der Waals surface area contributed by atoms with Gasteiger partial charge in [0.15, 0.2) is 6.61 Å². The number of aryl methyl sites for hydroxylation is 1. The van der Waals surface area contributed by atoms with Crippen LogP contribution in [0.5, 0.6) is 5.75 Å². The van der Waals surface area contributed by atoms with Crippen LogP contribution in [0.1, 0.15) is 12.0 Å². The van der Waals surface area contributed by atoms with E-state index >= 15 is 0 Å². The number of benzene rings is 1. The molecule has 4 nitrogen and oxygen atoms in total. The van der Waals surface area contributed by atoms with Crippen molar-refractivity contribution in [3.8, 4) is 11.8 Å². The fourth-order valence-corrected chi connectivity index (χ4v) is 1.59. The van der Waals surface area contributed by atoms with Crippen molar-refractivity contribution in [2.75, 3.05) is 20.2 Å². The SMILES string of the molecule is Cc1cc(Cl)ccc1OCC(=O)N(C)CCC#N. The van der Waals surface area contributed by atoms with Crippen LogP contribution in [0.3, 0.4) is 0 Å². The normalized spacial score (nSPS) is 9.67. The van der Waals surface area contributed by atoms with Gasteiger partial charge in [0.25, 0.3) is 5.91 Å². The molecule has 0 N–H and O–H groups in total. The van der Waals surface area contributed by atoms with Crippen molar-refractivity contribution < 1.29 is 9.53 Å². The molecule has 0 saturated carbocycles. The minimum absolute atomic E-state index is 0.0373. The largest absolute Gasteiger partial charge is 0.483 e. The van der Waals surface area contributed by atoms with Gasteiger partial charge in [-0.3, -0.25) is 4.79 Å². The second kappa shape index (κ2) is 6.87. The van der Waals surface area contributed by atoms with Gasteiger partial charge in [-0.25, -0.2) is 0 Å². The lowest BCUT2D eigenvalue weighted by atomic mass is 10.2. The number of hydrogen-bond donors (Lipinski definition) is 0. The molecular weight excluding hydrogens is 252 g/mol. The van der Waals surface area contributed by atoms with E-state index in [-0.39, 0.29) is 12.5 Å². The number of nitriles is 1. The average Bonchev–Trinajstić information content (AvgIpc) is 2.34. The molecule has 0 unspecified atom stereocenters. The van der Waals surface area contributed by atoms with Crippen molar-refractivity contribution in [1.29, 1.82) is 5.26 Å². The highest BCUT2D eigenvalue weighted by Crippen LogP contribution is 2.21. The summed E-state index contributed by atoms with van der Waals surface area (Å²) in [6.45, 7) is 2.24. The number of halogens is 1. The molecule has 1 rings (SSSR count). The highest BCUT2D eigenvalue weighted by Gasteiger charge is 2.10. The van der Waals surface area contributed by atoms with Crippen molar-refractivity contribution >= 4 is 17.5 Å². The second-order valence-electron chi connectivity index (χ2n) is 3.92. The minimum Gasteiger partial charge on any atom is -0.483 e. The molecule has 1 aromatic carbocycles. The van der Waals surface area contributed by atoms with E-state index in [0.717, 1.165) is 5.56 Å². The van der Waals surface area contributed by atoms with E-state index < -0.39 is 0 Å². The quantitative estimate of drug-likeness (QED) is 0.822. The first-order valence-electron chi connectivity index (χ1n) is 5.54. The number of amides is 1. The van der Waals surface area contributed by atoms with Gasteiger partial charge in [0.2, 0.25) is 0 Å². The Bertz CT molecular complexity index is 469. The van der Waals surface area contributed by atoms with E-state index in [9.17, 15) is 4.79 Å². The van der Waals surface area contributed by atoms with E-state index in [1.54, 1.807) is 25.2 Å². The number of rotatable bonds is 5. The highest BCUT2D eigenvalue weighted by molar-refractivity contribution is 6.30. The predicted molar refractivity (Wildman–Crippen MR) is 69.6 cm³/mol. The molecule has 1 amide bonds.